The number of morpholine rings is 1. The van der Waals surface area contributed by atoms with E-state index in [4.69, 9.17) is 4.74 Å². The minimum absolute atomic E-state index is 0.0750. The summed E-state index contributed by atoms with van der Waals surface area (Å²) < 4.78 is 32.7. The zero-order chi connectivity index (χ0) is 17.9. The number of ether oxygens (including phenoxy) is 1. The Morgan fingerprint density at radius 3 is 2.52 bits per heavy atom. The highest BCUT2D eigenvalue weighted by Gasteiger charge is 2.32. The molecular weight excluding hydrogens is 340 g/mol. The molecule has 3 rings (SSSR count). The Labute approximate surface area is 149 Å². The molecule has 0 spiro atoms. The average Bonchev–Trinajstić information content (AvgIpc) is 2.91. The summed E-state index contributed by atoms with van der Waals surface area (Å²) in [6.45, 7) is 4.46. The standard InChI is InChI=1S/C18H26N2O4S/c1-15-14-24-12-11-20(15)25(22,23)17-8-6-7-16(13-17)18(21)19-9-4-2-3-5-10-19/h6-8,13,15H,2-5,9-12,14H2,1H3. The second-order valence-corrected chi connectivity index (χ2v) is 8.66. The highest BCUT2D eigenvalue weighted by Crippen LogP contribution is 2.22. The Bertz CT molecular complexity index is 712. The molecule has 2 saturated heterocycles. The van der Waals surface area contributed by atoms with Gasteiger partial charge in [0.25, 0.3) is 5.91 Å². The van der Waals surface area contributed by atoms with E-state index in [1.54, 1.807) is 18.2 Å². The number of benzene rings is 1. The number of sulfonamides is 1. The largest absolute Gasteiger partial charge is 0.378 e. The number of nitrogens with zero attached hydrogens (tertiary/aromatic N) is 2. The minimum atomic E-state index is -3.62. The zero-order valence-electron chi connectivity index (χ0n) is 14.7. The third-order valence-electron chi connectivity index (χ3n) is 4.89. The molecule has 0 N–H and O–H groups in total. The third kappa shape index (κ3) is 4.04. The summed E-state index contributed by atoms with van der Waals surface area (Å²) in [6.07, 6.45) is 4.31. The van der Waals surface area contributed by atoms with Gasteiger partial charge in [-0.25, -0.2) is 8.42 Å². The Morgan fingerprint density at radius 2 is 1.84 bits per heavy atom. The van der Waals surface area contributed by atoms with E-state index in [0.717, 1.165) is 38.8 Å². The predicted molar refractivity (Wildman–Crippen MR) is 95.0 cm³/mol. The number of likely N-dealkylation sites (tertiary alicyclic amines) is 1. The number of rotatable bonds is 3. The fourth-order valence-electron chi connectivity index (χ4n) is 3.45. The molecule has 1 aromatic carbocycles. The monoisotopic (exact) mass is 366 g/mol. The van der Waals surface area contributed by atoms with Crippen LogP contribution in [-0.4, -0.2) is 62.4 Å². The van der Waals surface area contributed by atoms with Gasteiger partial charge in [0.2, 0.25) is 10.0 Å². The van der Waals surface area contributed by atoms with Crippen molar-refractivity contribution >= 4 is 15.9 Å². The predicted octanol–water partition coefficient (Wildman–Crippen LogP) is 2.11. The Morgan fingerprint density at radius 1 is 1.12 bits per heavy atom. The van der Waals surface area contributed by atoms with E-state index < -0.39 is 10.0 Å². The number of carbonyl (C=O) groups is 1. The molecule has 2 fully saturated rings. The minimum Gasteiger partial charge on any atom is -0.378 e. The highest BCUT2D eigenvalue weighted by atomic mass is 32.2. The maximum absolute atomic E-state index is 12.9. The van der Waals surface area contributed by atoms with Gasteiger partial charge in [-0.3, -0.25) is 4.79 Å². The van der Waals surface area contributed by atoms with Crippen LogP contribution in [0.15, 0.2) is 29.2 Å². The molecule has 2 aliphatic rings. The van der Waals surface area contributed by atoms with Crippen molar-refractivity contribution in [2.75, 3.05) is 32.8 Å². The van der Waals surface area contributed by atoms with Crippen LogP contribution in [0.4, 0.5) is 0 Å². The van der Waals surface area contributed by atoms with Crippen LogP contribution in [0.2, 0.25) is 0 Å². The van der Waals surface area contributed by atoms with Gasteiger partial charge in [-0.2, -0.15) is 4.31 Å². The zero-order valence-corrected chi connectivity index (χ0v) is 15.5. The van der Waals surface area contributed by atoms with Crippen LogP contribution in [0, 0.1) is 0 Å². The van der Waals surface area contributed by atoms with Crippen LogP contribution in [0.3, 0.4) is 0 Å². The molecule has 7 heteroatoms. The Kier molecular flexibility index (Phi) is 5.76. The van der Waals surface area contributed by atoms with E-state index in [9.17, 15) is 13.2 Å². The van der Waals surface area contributed by atoms with E-state index >= 15 is 0 Å². The van der Waals surface area contributed by atoms with Crippen LogP contribution in [-0.2, 0) is 14.8 Å². The molecule has 138 valence electrons. The van der Waals surface area contributed by atoms with E-state index in [1.165, 1.54) is 10.4 Å². The van der Waals surface area contributed by atoms with Gasteiger partial charge < -0.3 is 9.64 Å². The van der Waals surface area contributed by atoms with Crippen molar-refractivity contribution in [1.29, 1.82) is 0 Å². The van der Waals surface area contributed by atoms with Crippen molar-refractivity contribution < 1.29 is 17.9 Å². The molecule has 2 aliphatic heterocycles. The molecule has 6 nitrogen and oxygen atoms in total. The van der Waals surface area contributed by atoms with Gasteiger partial charge in [-0.1, -0.05) is 18.9 Å². The van der Waals surface area contributed by atoms with Crippen LogP contribution in [0.1, 0.15) is 43.0 Å². The fraction of sp³-hybridized carbons (Fsp3) is 0.611. The SMILES string of the molecule is CC1COCCN1S(=O)(=O)c1cccc(C(=O)N2CCCCCC2)c1. The van der Waals surface area contributed by atoms with Crippen LogP contribution in [0.5, 0.6) is 0 Å². The van der Waals surface area contributed by atoms with E-state index in [0.29, 0.717) is 25.3 Å². The van der Waals surface area contributed by atoms with Gasteiger partial charge in [0.05, 0.1) is 18.1 Å². The fourth-order valence-corrected chi connectivity index (χ4v) is 5.10. The second-order valence-electron chi connectivity index (χ2n) is 6.77. The van der Waals surface area contributed by atoms with Gasteiger partial charge in [0.1, 0.15) is 0 Å². The Balaban J connectivity index is 1.84. The summed E-state index contributed by atoms with van der Waals surface area (Å²) in [7, 11) is -3.62. The van der Waals surface area contributed by atoms with E-state index in [-0.39, 0.29) is 16.8 Å². The van der Waals surface area contributed by atoms with Gasteiger partial charge in [0, 0.05) is 31.2 Å². The van der Waals surface area contributed by atoms with Crippen LogP contribution >= 0.6 is 0 Å². The summed E-state index contributed by atoms with van der Waals surface area (Å²) in [5, 5.41) is 0. The summed E-state index contributed by atoms with van der Waals surface area (Å²) >= 11 is 0. The molecular formula is C18H26N2O4S. The first-order valence-electron chi connectivity index (χ1n) is 8.99. The van der Waals surface area contributed by atoms with Crippen molar-refractivity contribution in [3.63, 3.8) is 0 Å². The molecule has 2 heterocycles. The molecule has 0 radical (unpaired) electrons. The lowest BCUT2D eigenvalue weighted by Crippen LogP contribution is -2.47. The first-order chi connectivity index (χ1) is 12.0. The summed E-state index contributed by atoms with van der Waals surface area (Å²) in [4.78, 5) is 14.8. The van der Waals surface area contributed by atoms with Crippen molar-refractivity contribution in [3.05, 3.63) is 29.8 Å². The Hall–Kier alpha value is -1.44. The van der Waals surface area contributed by atoms with Gasteiger partial charge in [0.15, 0.2) is 0 Å². The maximum atomic E-state index is 12.9. The number of amides is 1. The van der Waals surface area contributed by atoms with Gasteiger partial charge in [-0.15, -0.1) is 0 Å². The molecule has 1 aromatic rings. The summed E-state index contributed by atoms with van der Waals surface area (Å²) in [5.41, 5.74) is 0.448. The normalized spacial score (nSPS) is 23.2. The van der Waals surface area contributed by atoms with Crippen molar-refractivity contribution in [3.8, 4) is 0 Å². The third-order valence-corrected chi connectivity index (χ3v) is 6.90. The summed E-state index contributed by atoms with van der Waals surface area (Å²) in [5.74, 6) is -0.0750. The van der Waals surface area contributed by atoms with Crippen LogP contribution in [0.25, 0.3) is 0 Å². The number of hydrogen-bond acceptors (Lipinski definition) is 4. The lowest BCUT2D eigenvalue weighted by molar-refractivity contribution is 0.0392. The molecule has 25 heavy (non-hydrogen) atoms. The van der Waals surface area contributed by atoms with Gasteiger partial charge >= 0.3 is 0 Å². The molecule has 0 saturated carbocycles. The maximum Gasteiger partial charge on any atom is 0.253 e. The van der Waals surface area contributed by atoms with Crippen molar-refractivity contribution in [1.82, 2.24) is 9.21 Å². The topological polar surface area (TPSA) is 66.9 Å². The quantitative estimate of drug-likeness (QED) is 0.822. The summed E-state index contributed by atoms with van der Waals surface area (Å²) in [6, 6.07) is 6.24. The average molecular weight is 366 g/mol. The first kappa shape index (κ1) is 18.4. The van der Waals surface area contributed by atoms with Crippen LogP contribution < -0.4 is 0 Å². The highest BCUT2D eigenvalue weighted by molar-refractivity contribution is 7.89. The second kappa shape index (κ2) is 7.85. The first-order valence-corrected chi connectivity index (χ1v) is 10.4. The number of carbonyl (C=O) groups excluding carboxylic acids is 1. The van der Waals surface area contributed by atoms with E-state index in [1.807, 2.05) is 11.8 Å². The van der Waals surface area contributed by atoms with E-state index in [2.05, 4.69) is 0 Å². The smallest absolute Gasteiger partial charge is 0.253 e. The van der Waals surface area contributed by atoms with Crippen molar-refractivity contribution in [2.24, 2.45) is 0 Å². The molecule has 1 atom stereocenters. The lowest BCUT2D eigenvalue weighted by Gasteiger charge is -2.32. The molecule has 0 aromatic heterocycles. The molecule has 1 amide bonds. The molecule has 0 aliphatic carbocycles. The molecule has 0 bridgehead atoms. The van der Waals surface area contributed by atoms with Gasteiger partial charge in [-0.05, 0) is 38.0 Å². The van der Waals surface area contributed by atoms with Crippen molar-refractivity contribution in [2.45, 2.75) is 43.5 Å². The number of hydrogen-bond donors (Lipinski definition) is 0. The lowest BCUT2D eigenvalue weighted by atomic mass is 10.2. The molecule has 1 unspecified atom stereocenters.